The molecule has 6 heteroatoms. The van der Waals surface area contributed by atoms with E-state index in [-0.39, 0.29) is 17.7 Å². The highest BCUT2D eigenvalue weighted by atomic mass is 19.1. The summed E-state index contributed by atoms with van der Waals surface area (Å²) in [6.45, 7) is 4.38. The van der Waals surface area contributed by atoms with Gasteiger partial charge in [0.2, 0.25) is 0 Å². The summed E-state index contributed by atoms with van der Waals surface area (Å²) in [6, 6.07) is 8.88. The number of methoxy groups -OCH3 is 1. The van der Waals surface area contributed by atoms with E-state index < -0.39 is 0 Å². The van der Waals surface area contributed by atoms with Gasteiger partial charge in [0.15, 0.2) is 11.6 Å². The SMILES string of the molecule is COc1cccc(CN2CCO[C@H](c3cc(N)cc(C)n3)C2)c1F. The van der Waals surface area contributed by atoms with Crippen LogP contribution >= 0.6 is 0 Å². The molecule has 0 radical (unpaired) electrons. The van der Waals surface area contributed by atoms with Crippen LogP contribution in [-0.4, -0.2) is 36.7 Å². The summed E-state index contributed by atoms with van der Waals surface area (Å²) < 4.78 is 25.2. The summed E-state index contributed by atoms with van der Waals surface area (Å²) in [4.78, 5) is 6.68. The van der Waals surface area contributed by atoms with E-state index in [1.165, 1.54) is 7.11 Å². The molecule has 0 saturated carbocycles. The zero-order valence-corrected chi connectivity index (χ0v) is 14.0. The van der Waals surface area contributed by atoms with E-state index in [1.54, 1.807) is 18.2 Å². The molecule has 1 saturated heterocycles. The first-order valence-electron chi connectivity index (χ1n) is 7.96. The first kappa shape index (κ1) is 16.7. The minimum Gasteiger partial charge on any atom is -0.494 e. The van der Waals surface area contributed by atoms with Gasteiger partial charge in [-0.25, -0.2) is 4.39 Å². The van der Waals surface area contributed by atoms with Crippen molar-refractivity contribution < 1.29 is 13.9 Å². The number of pyridine rings is 1. The lowest BCUT2D eigenvalue weighted by molar-refractivity contribution is -0.0353. The van der Waals surface area contributed by atoms with Gasteiger partial charge < -0.3 is 15.2 Å². The fourth-order valence-electron chi connectivity index (χ4n) is 2.99. The predicted molar refractivity (Wildman–Crippen MR) is 90.3 cm³/mol. The van der Waals surface area contributed by atoms with Crippen molar-refractivity contribution in [2.24, 2.45) is 0 Å². The molecule has 0 spiro atoms. The summed E-state index contributed by atoms with van der Waals surface area (Å²) in [7, 11) is 1.47. The number of nitrogen functional groups attached to an aromatic ring is 1. The average Bonchev–Trinajstić information content (AvgIpc) is 2.56. The Hall–Kier alpha value is -2.18. The third-order valence-electron chi connectivity index (χ3n) is 4.13. The molecule has 128 valence electrons. The van der Waals surface area contributed by atoms with Crippen molar-refractivity contribution in [3.8, 4) is 5.75 Å². The number of rotatable bonds is 4. The second-order valence-corrected chi connectivity index (χ2v) is 5.99. The van der Waals surface area contributed by atoms with Crippen LogP contribution in [0.1, 0.15) is 23.1 Å². The van der Waals surface area contributed by atoms with Crippen molar-refractivity contribution in [1.29, 1.82) is 0 Å². The fraction of sp³-hybridized carbons (Fsp3) is 0.389. The number of morpholine rings is 1. The zero-order valence-electron chi connectivity index (χ0n) is 14.0. The lowest BCUT2D eigenvalue weighted by Gasteiger charge is -2.33. The van der Waals surface area contributed by atoms with Crippen LogP contribution in [0.3, 0.4) is 0 Å². The van der Waals surface area contributed by atoms with E-state index in [0.717, 1.165) is 17.9 Å². The number of halogens is 1. The lowest BCUT2D eigenvalue weighted by Crippen LogP contribution is -2.38. The number of hydrogen-bond donors (Lipinski definition) is 1. The Labute approximate surface area is 141 Å². The van der Waals surface area contributed by atoms with Gasteiger partial charge in [-0.1, -0.05) is 12.1 Å². The van der Waals surface area contributed by atoms with E-state index in [9.17, 15) is 4.39 Å². The first-order chi connectivity index (χ1) is 11.6. The van der Waals surface area contributed by atoms with Gasteiger partial charge in [0.25, 0.3) is 0 Å². The number of nitrogens with zero attached hydrogens (tertiary/aromatic N) is 2. The largest absolute Gasteiger partial charge is 0.494 e. The Morgan fingerprint density at radius 3 is 3.00 bits per heavy atom. The molecule has 1 aromatic carbocycles. The topological polar surface area (TPSA) is 60.6 Å². The second kappa shape index (κ2) is 7.15. The van der Waals surface area contributed by atoms with Crippen LogP contribution in [-0.2, 0) is 11.3 Å². The highest BCUT2D eigenvalue weighted by Crippen LogP contribution is 2.26. The standard InChI is InChI=1S/C18H22FN3O2/c1-12-8-14(20)9-15(21-12)17-11-22(6-7-24-17)10-13-4-3-5-16(23-2)18(13)19/h3-5,8-9,17H,6-7,10-11H2,1-2H3,(H2,20,21)/t17-/m0/s1. The average molecular weight is 331 g/mol. The molecule has 1 aliphatic heterocycles. The van der Waals surface area contributed by atoms with Gasteiger partial charge in [-0.15, -0.1) is 0 Å². The van der Waals surface area contributed by atoms with Crippen LogP contribution in [0.15, 0.2) is 30.3 Å². The molecule has 1 aliphatic rings. The number of ether oxygens (including phenoxy) is 2. The molecule has 3 rings (SSSR count). The Morgan fingerprint density at radius 2 is 2.25 bits per heavy atom. The lowest BCUT2D eigenvalue weighted by atomic mass is 10.1. The van der Waals surface area contributed by atoms with Crippen molar-refractivity contribution in [3.63, 3.8) is 0 Å². The maximum atomic E-state index is 14.3. The highest BCUT2D eigenvalue weighted by molar-refractivity contribution is 5.40. The van der Waals surface area contributed by atoms with Gasteiger partial charge >= 0.3 is 0 Å². The Balaban J connectivity index is 1.74. The molecular weight excluding hydrogens is 309 g/mol. The summed E-state index contributed by atoms with van der Waals surface area (Å²) in [5, 5.41) is 0. The van der Waals surface area contributed by atoms with Crippen LogP contribution in [0.2, 0.25) is 0 Å². The zero-order chi connectivity index (χ0) is 17.1. The Kier molecular flexibility index (Phi) is 4.97. The predicted octanol–water partition coefficient (Wildman–Crippen LogP) is 2.69. The van der Waals surface area contributed by atoms with Crippen LogP contribution in [0.4, 0.5) is 10.1 Å². The molecule has 2 heterocycles. The van der Waals surface area contributed by atoms with Crippen molar-refractivity contribution in [2.45, 2.75) is 19.6 Å². The van der Waals surface area contributed by atoms with Gasteiger partial charge in [0.1, 0.15) is 6.10 Å². The maximum absolute atomic E-state index is 14.3. The number of aromatic nitrogens is 1. The number of nitrogens with two attached hydrogens (primary N) is 1. The minimum absolute atomic E-state index is 0.158. The molecule has 5 nitrogen and oxygen atoms in total. The molecule has 0 aliphatic carbocycles. The number of hydrogen-bond acceptors (Lipinski definition) is 5. The summed E-state index contributed by atoms with van der Waals surface area (Å²) >= 11 is 0. The van der Waals surface area contributed by atoms with Crippen molar-refractivity contribution in [1.82, 2.24) is 9.88 Å². The molecule has 1 aromatic heterocycles. The van der Waals surface area contributed by atoms with E-state index >= 15 is 0 Å². The maximum Gasteiger partial charge on any atom is 0.169 e. The molecular formula is C18H22FN3O2. The second-order valence-electron chi connectivity index (χ2n) is 5.99. The van der Waals surface area contributed by atoms with Gasteiger partial charge in [0, 0.05) is 36.6 Å². The highest BCUT2D eigenvalue weighted by Gasteiger charge is 2.24. The van der Waals surface area contributed by atoms with Gasteiger partial charge in [-0.2, -0.15) is 0 Å². The summed E-state index contributed by atoms with van der Waals surface area (Å²) in [6.07, 6.45) is -0.158. The van der Waals surface area contributed by atoms with Crippen molar-refractivity contribution in [2.75, 3.05) is 32.5 Å². The number of anilines is 1. The van der Waals surface area contributed by atoms with Crippen LogP contribution in [0, 0.1) is 12.7 Å². The van der Waals surface area contributed by atoms with Crippen molar-refractivity contribution >= 4 is 5.69 Å². The minimum atomic E-state index is -0.305. The molecule has 0 amide bonds. The van der Waals surface area contributed by atoms with E-state index in [1.807, 2.05) is 19.1 Å². The van der Waals surface area contributed by atoms with E-state index in [0.29, 0.717) is 30.9 Å². The third kappa shape index (κ3) is 3.66. The van der Waals surface area contributed by atoms with Gasteiger partial charge in [0.05, 0.1) is 19.4 Å². The Bertz CT molecular complexity index is 703. The summed E-state index contributed by atoms with van der Waals surface area (Å²) in [5.74, 6) is -0.0357. The molecule has 0 bridgehead atoms. The van der Waals surface area contributed by atoms with E-state index in [4.69, 9.17) is 15.2 Å². The quantitative estimate of drug-likeness (QED) is 0.933. The molecule has 1 fully saturated rings. The molecule has 2 N–H and O–H groups in total. The summed E-state index contributed by atoms with van der Waals surface area (Å²) in [5.41, 5.74) is 8.89. The number of aryl methyl sites for hydroxylation is 1. The third-order valence-corrected chi connectivity index (χ3v) is 4.13. The first-order valence-corrected chi connectivity index (χ1v) is 7.96. The van der Waals surface area contributed by atoms with Crippen LogP contribution in [0.5, 0.6) is 5.75 Å². The fourth-order valence-corrected chi connectivity index (χ4v) is 2.99. The van der Waals surface area contributed by atoms with Gasteiger partial charge in [-0.3, -0.25) is 9.88 Å². The number of benzene rings is 1. The molecule has 1 atom stereocenters. The normalized spacial score (nSPS) is 18.5. The van der Waals surface area contributed by atoms with E-state index in [2.05, 4.69) is 9.88 Å². The Morgan fingerprint density at radius 1 is 1.42 bits per heavy atom. The molecule has 2 aromatic rings. The van der Waals surface area contributed by atoms with Gasteiger partial charge in [-0.05, 0) is 25.1 Å². The van der Waals surface area contributed by atoms with Crippen molar-refractivity contribution in [3.05, 3.63) is 53.1 Å². The molecule has 0 unspecified atom stereocenters. The van der Waals surface area contributed by atoms with Crippen LogP contribution in [0.25, 0.3) is 0 Å². The van der Waals surface area contributed by atoms with Crippen LogP contribution < -0.4 is 10.5 Å². The molecule has 24 heavy (non-hydrogen) atoms. The smallest absolute Gasteiger partial charge is 0.169 e. The monoisotopic (exact) mass is 331 g/mol.